The molecule has 0 fully saturated rings. The third-order valence-corrected chi connectivity index (χ3v) is 2.15. The number of benzene rings is 1. The van der Waals surface area contributed by atoms with Crippen LogP contribution < -0.4 is 10.6 Å². The van der Waals surface area contributed by atoms with Gasteiger partial charge in [-0.3, -0.25) is 0 Å². The minimum atomic E-state index is -0.247. The van der Waals surface area contributed by atoms with E-state index in [-0.39, 0.29) is 5.82 Å². The molecule has 1 aromatic carbocycles. The monoisotopic (exact) mass is 236 g/mol. The summed E-state index contributed by atoms with van der Waals surface area (Å²) in [4.78, 5) is 0. The Morgan fingerprint density at radius 2 is 1.94 bits per heavy atom. The molecular weight excluding hydrogens is 223 g/mol. The second kappa shape index (κ2) is 5.40. The predicted octanol–water partition coefficient (Wildman–Crippen LogP) is 1.54. The lowest BCUT2D eigenvalue weighted by Crippen LogP contribution is -2.04. The van der Waals surface area contributed by atoms with Crippen LogP contribution in [0.5, 0.6) is 0 Å². The summed E-state index contributed by atoms with van der Waals surface area (Å²) in [5, 5.41) is 13.5. The van der Waals surface area contributed by atoms with Crippen molar-refractivity contribution in [3.63, 3.8) is 0 Å². The molecule has 2 aromatic rings. The molecule has 0 spiro atoms. The molecule has 6 heteroatoms. The van der Waals surface area contributed by atoms with Crippen LogP contribution in [0, 0.1) is 5.82 Å². The van der Waals surface area contributed by atoms with Gasteiger partial charge >= 0.3 is 6.01 Å². The fourth-order valence-corrected chi connectivity index (χ4v) is 1.33. The molecule has 90 valence electrons. The van der Waals surface area contributed by atoms with Crippen molar-refractivity contribution in [3.8, 4) is 0 Å². The van der Waals surface area contributed by atoms with E-state index in [1.807, 2.05) is 0 Å². The maximum Gasteiger partial charge on any atom is 0.315 e. The molecule has 0 aliphatic rings. The fourth-order valence-electron chi connectivity index (χ4n) is 1.33. The van der Waals surface area contributed by atoms with E-state index < -0.39 is 0 Å². The molecule has 5 nitrogen and oxygen atoms in total. The highest BCUT2D eigenvalue weighted by Gasteiger charge is 2.04. The summed E-state index contributed by atoms with van der Waals surface area (Å²) < 4.78 is 18.0. The summed E-state index contributed by atoms with van der Waals surface area (Å²) >= 11 is 0. The fraction of sp³-hybridized carbons (Fsp3) is 0.273. The van der Waals surface area contributed by atoms with E-state index in [0.717, 1.165) is 5.56 Å². The van der Waals surface area contributed by atoms with E-state index in [1.165, 1.54) is 12.1 Å². The Bertz CT molecular complexity index is 469. The molecule has 1 aromatic heterocycles. The van der Waals surface area contributed by atoms with Gasteiger partial charge in [-0.2, -0.15) is 0 Å². The Morgan fingerprint density at radius 1 is 1.18 bits per heavy atom. The lowest BCUT2D eigenvalue weighted by atomic mass is 10.2. The molecule has 2 N–H and O–H groups in total. The number of hydrogen-bond donors (Lipinski definition) is 2. The smallest absolute Gasteiger partial charge is 0.315 e. The first kappa shape index (κ1) is 11.5. The van der Waals surface area contributed by atoms with Gasteiger partial charge < -0.3 is 15.1 Å². The molecule has 0 bridgehead atoms. The van der Waals surface area contributed by atoms with E-state index in [9.17, 15) is 4.39 Å². The molecule has 0 radical (unpaired) electrons. The van der Waals surface area contributed by atoms with Crippen LogP contribution in [0.3, 0.4) is 0 Å². The summed E-state index contributed by atoms with van der Waals surface area (Å²) in [7, 11) is 1.80. The van der Waals surface area contributed by atoms with Gasteiger partial charge in [-0.05, 0) is 24.7 Å². The van der Waals surface area contributed by atoms with E-state index in [4.69, 9.17) is 4.42 Å². The molecule has 0 saturated carbocycles. The first-order chi connectivity index (χ1) is 8.28. The Morgan fingerprint density at radius 3 is 2.65 bits per heavy atom. The number of nitrogens with zero attached hydrogens (tertiary/aromatic N) is 2. The normalized spacial score (nSPS) is 10.5. The van der Waals surface area contributed by atoms with Crippen LogP contribution in [-0.2, 0) is 13.1 Å². The van der Waals surface area contributed by atoms with Gasteiger partial charge in [-0.15, -0.1) is 5.10 Å². The van der Waals surface area contributed by atoms with Gasteiger partial charge in [-0.25, -0.2) is 4.39 Å². The van der Waals surface area contributed by atoms with Gasteiger partial charge in [0.05, 0.1) is 6.54 Å². The highest BCUT2D eigenvalue weighted by Crippen LogP contribution is 2.08. The first-order valence-corrected chi connectivity index (χ1v) is 5.23. The van der Waals surface area contributed by atoms with Crippen molar-refractivity contribution in [2.24, 2.45) is 0 Å². The second-order valence-corrected chi connectivity index (χ2v) is 3.51. The van der Waals surface area contributed by atoms with Crippen LogP contribution >= 0.6 is 0 Å². The van der Waals surface area contributed by atoms with Gasteiger partial charge in [-0.1, -0.05) is 17.2 Å². The zero-order valence-corrected chi connectivity index (χ0v) is 9.40. The SMILES string of the molecule is CNCc1nnc(NCc2ccc(F)cc2)o1. The predicted molar refractivity (Wildman–Crippen MR) is 60.8 cm³/mol. The Kier molecular flexibility index (Phi) is 3.66. The maximum atomic E-state index is 12.7. The number of anilines is 1. The minimum Gasteiger partial charge on any atom is -0.407 e. The highest BCUT2D eigenvalue weighted by atomic mass is 19.1. The third-order valence-electron chi connectivity index (χ3n) is 2.15. The summed E-state index contributed by atoms with van der Waals surface area (Å²) in [5.74, 6) is 0.275. The number of hydrogen-bond acceptors (Lipinski definition) is 5. The molecule has 0 unspecified atom stereocenters. The molecular formula is C11H13FN4O. The maximum absolute atomic E-state index is 12.7. The molecule has 0 amide bonds. The topological polar surface area (TPSA) is 63.0 Å². The highest BCUT2D eigenvalue weighted by molar-refractivity contribution is 5.23. The number of aromatic nitrogens is 2. The van der Waals surface area contributed by atoms with Gasteiger partial charge in [0.1, 0.15) is 5.82 Å². The van der Waals surface area contributed by atoms with Crippen LogP contribution in [0.1, 0.15) is 11.5 Å². The van der Waals surface area contributed by atoms with Crippen molar-refractivity contribution in [3.05, 3.63) is 41.5 Å². The molecule has 0 aliphatic carbocycles. The van der Waals surface area contributed by atoms with E-state index in [0.29, 0.717) is 25.0 Å². The largest absolute Gasteiger partial charge is 0.407 e. The first-order valence-electron chi connectivity index (χ1n) is 5.23. The standard InChI is InChI=1S/C11H13FN4O/c1-13-7-10-15-16-11(17-10)14-6-8-2-4-9(12)5-3-8/h2-5,13H,6-7H2,1H3,(H,14,16). The van der Waals surface area contributed by atoms with Crippen molar-refractivity contribution in [1.82, 2.24) is 15.5 Å². The number of nitrogens with one attached hydrogen (secondary N) is 2. The van der Waals surface area contributed by atoms with Gasteiger partial charge in [0, 0.05) is 6.54 Å². The van der Waals surface area contributed by atoms with E-state index in [2.05, 4.69) is 20.8 Å². The average molecular weight is 236 g/mol. The van der Waals surface area contributed by atoms with Crippen LogP contribution in [-0.4, -0.2) is 17.2 Å². The lowest BCUT2D eigenvalue weighted by molar-refractivity contribution is 0.489. The summed E-state index contributed by atoms with van der Waals surface area (Å²) in [5.41, 5.74) is 0.944. The van der Waals surface area contributed by atoms with Crippen LogP contribution in [0.25, 0.3) is 0 Å². The lowest BCUT2D eigenvalue weighted by Gasteiger charge is -2.01. The minimum absolute atomic E-state index is 0.247. The third kappa shape index (κ3) is 3.25. The second-order valence-electron chi connectivity index (χ2n) is 3.51. The Labute approximate surface area is 98.1 Å². The van der Waals surface area contributed by atoms with Crippen LogP contribution in [0.2, 0.25) is 0 Å². The van der Waals surface area contributed by atoms with E-state index >= 15 is 0 Å². The molecule has 2 rings (SSSR count). The van der Waals surface area contributed by atoms with Crippen LogP contribution in [0.4, 0.5) is 10.4 Å². The molecule has 0 saturated heterocycles. The van der Waals surface area contributed by atoms with Crippen molar-refractivity contribution >= 4 is 6.01 Å². The molecule has 17 heavy (non-hydrogen) atoms. The summed E-state index contributed by atoms with van der Waals surface area (Å²) in [6.07, 6.45) is 0. The zero-order chi connectivity index (χ0) is 12.1. The van der Waals surface area contributed by atoms with Crippen LogP contribution in [0.15, 0.2) is 28.7 Å². The summed E-state index contributed by atoms with van der Waals surface area (Å²) in [6.45, 7) is 1.05. The van der Waals surface area contributed by atoms with Crippen molar-refractivity contribution in [1.29, 1.82) is 0 Å². The molecule has 1 heterocycles. The van der Waals surface area contributed by atoms with Gasteiger partial charge in [0.25, 0.3) is 0 Å². The van der Waals surface area contributed by atoms with Gasteiger partial charge in [0.2, 0.25) is 5.89 Å². The Balaban J connectivity index is 1.90. The van der Waals surface area contributed by atoms with Crippen molar-refractivity contribution < 1.29 is 8.81 Å². The Hall–Kier alpha value is -1.95. The zero-order valence-electron chi connectivity index (χ0n) is 9.40. The number of rotatable bonds is 5. The van der Waals surface area contributed by atoms with Crippen molar-refractivity contribution in [2.45, 2.75) is 13.1 Å². The average Bonchev–Trinajstić information content (AvgIpc) is 2.77. The molecule has 0 atom stereocenters. The summed E-state index contributed by atoms with van der Waals surface area (Å²) in [6, 6.07) is 6.59. The quantitative estimate of drug-likeness (QED) is 0.824. The number of halogens is 1. The van der Waals surface area contributed by atoms with Crippen molar-refractivity contribution in [2.75, 3.05) is 12.4 Å². The van der Waals surface area contributed by atoms with E-state index in [1.54, 1.807) is 19.2 Å². The van der Waals surface area contributed by atoms with Gasteiger partial charge in [0.15, 0.2) is 0 Å². The molecule has 0 aliphatic heterocycles.